The first-order valence-electron chi connectivity index (χ1n) is 6.88. The van der Waals surface area contributed by atoms with E-state index in [0.717, 1.165) is 18.8 Å². The van der Waals surface area contributed by atoms with Crippen molar-refractivity contribution in [1.29, 1.82) is 0 Å². The maximum Gasteiger partial charge on any atom is 0.142 e. The molecule has 1 aliphatic rings. The van der Waals surface area contributed by atoms with E-state index < -0.39 is 0 Å². The molecule has 0 bridgehead atoms. The fourth-order valence-electron chi connectivity index (χ4n) is 2.83. The number of piperazine rings is 1. The van der Waals surface area contributed by atoms with Crippen LogP contribution in [0.25, 0.3) is 0 Å². The Hall–Kier alpha value is -1.26. The molecule has 2 N–H and O–H groups in total. The molecule has 1 heterocycles. The average Bonchev–Trinajstić information content (AvgIpc) is 2.39. The molecule has 4 heteroatoms. The van der Waals surface area contributed by atoms with Crippen molar-refractivity contribution in [2.24, 2.45) is 5.73 Å². The van der Waals surface area contributed by atoms with Crippen LogP contribution in [0.1, 0.15) is 12.5 Å². The van der Waals surface area contributed by atoms with Gasteiger partial charge in [0.05, 0.1) is 12.8 Å². The highest BCUT2D eigenvalue weighted by atomic mass is 16.5. The highest BCUT2D eigenvalue weighted by Gasteiger charge is 2.30. The molecule has 1 saturated heterocycles. The number of hydrogen-bond donors (Lipinski definition) is 1. The van der Waals surface area contributed by atoms with E-state index in [0.29, 0.717) is 18.6 Å². The molecule has 1 aromatic rings. The minimum Gasteiger partial charge on any atom is -0.495 e. The molecule has 0 aliphatic carbocycles. The smallest absolute Gasteiger partial charge is 0.142 e. The van der Waals surface area contributed by atoms with Crippen LogP contribution in [-0.2, 0) is 0 Å². The number of nitrogens with two attached hydrogens (primary N) is 1. The number of likely N-dealkylation sites (N-methyl/N-ethyl adjacent to an activating group) is 1. The van der Waals surface area contributed by atoms with Crippen molar-refractivity contribution in [1.82, 2.24) is 4.90 Å². The maximum absolute atomic E-state index is 5.88. The third kappa shape index (κ3) is 2.85. The average molecular weight is 263 g/mol. The summed E-state index contributed by atoms with van der Waals surface area (Å²) >= 11 is 0. The van der Waals surface area contributed by atoms with E-state index in [4.69, 9.17) is 10.5 Å². The summed E-state index contributed by atoms with van der Waals surface area (Å²) in [6.07, 6.45) is 0. The maximum atomic E-state index is 5.88. The summed E-state index contributed by atoms with van der Waals surface area (Å²) in [4.78, 5) is 4.77. The molecule has 1 aromatic carbocycles. The van der Waals surface area contributed by atoms with Gasteiger partial charge in [-0.3, -0.25) is 4.90 Å². The summed E-state index contributed by atoms with van der Waals surface area (Å²) in [6, 6.07) is 7.20. The van der Waals surface area contributed by atoms with E-state index >= 15 is 0 Å². The van der Waals surface area contributed by atoms with Crippen LogP contribution < -0.4 is 15.4 Å². The molecule has 106 valence electrons. The number of anilines is 1. The van der Waals surface area contributed by atoms with Crippen LogP contribution in [0.3, 0.4) is 0 Å². The van der Waals surface area contributed by atoms with Crippen LogP contribution >= 0.6 is 0 Å². The van der Waals surface area contributed by atoms with Crippen molar-refractivity contribution in [2.75, 3.05) is 38.7 Å². The van der Waals surface area contributed by atoms with Gasteiger partial charge in [-0.2, -0.15) is 0 Å². The van der Waals surface area contributed by atoms with Crippen LogP contribution in [-0.4, -0.2) is 50.8 Å². The number of benzene rings is 1. The third-order valence-electron chi connectivity index (χ3n) is 4.03. The van der Waals surface area contributed by atoms with Crippen LogP contribution in [0.15, 0.2) is 18.2 Å². The number of aryl methyl sites for hydroxylation is 1. The SMILES string of the molecule is COc1ccc(C)cc1N1CC(CN)N(C)CC1C. The van der Waals surface area contributed by atoms with Crippen molar-refractivity contribution in [3.05, 3.63) is 23.8 Å². The van der Waals surface area contributed by atoms with E-state index in [1.54, 1.807) is 7.11 Å². The molecule has 2 rings (SSSR count). The lowest BCUT2D eigenvalue weighted by Gasteiger charge is -2.45. The Morgan fingerprint density at radius 1 is 1.37 bits per heavy atom. The number of nitrogens with zero attached hydrogens (tertiary/aromatic N) is 2. The summed E-state index contributed by atoms with van der Waals surface area (Å²) in [5.74, 6) is 0.942. The Balaban J connectivity index is 2.31. The zero-order chi connectivity index (χ0) is 14.0. The summed E-state index contributed by atoms with van der Waals surface area (Å²) in [5, 5.41) is 0. The summed E-state index contributed by atoms with van der Waals surface area (Å²) in [5.41, 5.74) is 8.32. The highest BCUT2D eigenvalue weighted by Crippen LogP contribution is 2.32. The second-order valence-electron chi connectivity index (χ2n) is 5.51. The Bertz CT molecular complexity index is 435. The predicted molar refractivity (Wildman–Crippen MR) is 80.0 cm³/mol. The minimum absolute atomic E-state index is 0.404. The van der Waals surface area contributed by atoms with E-state index in [1.807, 2.05) is 6.07 Å². The highest BCUT2D eigenvalue weighted by molar-refractivity contribution is 5.61. The van der Waals surface area contributed by atoms with Crippen LogP contribution in [0.2, 0.25) is 0 Å². The standard InChI is InChI=1S/C15H25N3O/c1-11-5-6-15(19-4)14(7-11)18-10-13(8-16)17(3)9-12(18)2/h5-7,12-13H,8-10,16H2,1-4H3. The molecule has 0 amide bonds. The molecule has 1 aliphatic heterocycles. The van der Waals surface area contributed by atoms with Crippen LogP contribution in [0, 0.1) is 6.92 Å². The molecule has 2 atom stereocenters. The van der Waals surface area contributed by atoms with E-state index in [-0.39, 0.29) is 0 Å². The molecular formula is C15H25N3O. The normalized spacial score (nSPS) is 24.6. The molecule has 0 saturated carbocycles. The fourth-order valence-corrected chi connectivity index (χ4v) is 2.83. The lowest BCUT2D eigenvalue weighted by molar-refractivity contribution is 0.196. The van der Waals surface area contributed by atoms with Crippen molar-refractivity contribution in [2.45, 2.75) is 25.9 Å². The quantitative estimate of drug-likeness (QED) is 0.897. The van der Waals surface area contributed by atoms with Crippen LogP contribution in [0.4, 0.5) is 5.69 Å². The Labute approximate surface area is 116 Å². The van der Waals surface area contributed by atoms with Gasteiger partial charge in [0.15, 0.2) is 0 Å². The summed E-state index contributed by atoms with van der Waals surface area (Å²) in [6.45, 7) is 7.04. The first-order chi connectivity index (χ1) is 9.06. The largest absolute Gasteiger partial charge is 0.495 e. The van der Waals surface area contributed by atoms with Crippen LogP contribution in [0.5, 0.6) is 5.75 Å². The Morgan fingerprint density at radius 2 is 2.11 bits per heavy atom. The van der Waals surface area contributed by atoms with Crippen molar-refractivity contribution in [3.63, 3.8) is 0 Å². The second-order valence-corrected chi connectivity index (χ2v) is 5.51. The zero-order valence-corrected chi connectivity index (χ0v) is 12.4. The first-order valence-corrected chi connectivity index (χ1v) is 6.88. The Morgan fingerprint density at radius 3 is 2.74 bits per heavy atom. The van der Waals surface area contributed by atoms with Gasteiger partial charge in [0.1, 0.15) is 5.75 Å². The van der Waals surface area contributed by atoms with E-state index in [2.05, 4.69) is 42.8 Å². The predicted octanol–water partition coefficient (Wildman–Crippen LogP) is 1.47. The first kappa shape index (κ1) is 14.2. The number of ether oxygens (including phenoxy) is 1. The molecule has 0 radical (unpaired) electrons. The zero-order valence-electron chi connectivity index (χ0n) is 12.4. The summed E-state index contributed by atoms with van der Waals surface area (Å²) < 4.78 is 5.51. The molecule has 19 heavy (non-hydrogen) atoms. The van der Waals surface area contributed by atoms with Gasteiger partial charge in [0.2, 0.25) is 0 Å². The monoisotopic (exact) mass is 263 g/mol. The van der Waals surface area contributed by atoms with Gasteiger partial charge < -0.3 is 15.4 Å². The van der Waals surface area contributed by atoms with Crippen molar-refractivity contribution >= 4 is 5.69 Å². The van der Waals surface area contributed by atoms with Crippen molar-refractivity contribution < 1.29 is 4.74 Å². The molecule has 0 spiro atoms. The van der Waals surface area contributed by atoms with Gasteiger partial charge >= 0.3 is 0 Å². The lowest BCUT2D eigenvalue weighted by atomic mass is 10.1. The topological polar surface area (TPSA) is 41.7 Å². The van der Waals surface area contributed by atoms with Gasteiger partial charge in [-0.1, -0.05) is 6.07 Å². The van der Waals surface area contributed by atoms with E-state index in [9.17, 15) is 0 Å². The minimum atomic E-state index is 0.404. The van der Waals surface area contributed by atoms with Crippen molar-refractivity contribution in [3.8, 4) is 5.75 Å². The van der Waals surface area contributed by atoms with E-state index in [1.165, 1.54) is 11.3 Å². The van der Waals surface area contributed by atoms with Gasteiger partial charge in [-0.15, -0.1) is 0 Å². The van der Waals surface area contributed by atoms with Gasteiger partial charge in [0.25, 0.3) is 0 Å². The number of hydrogen-bond acceptors (Lipinski definition) is 4. The molecule has 1 fully saturated rings. The molecule has 4 nitrogen and oxygen atoms in total. The lowest BCUT2D eigenvalue weighted by Crippen LogP contribution is -2.58. The molecule has 0 aromatic heterocycles. The third-order valence-corrected chi connectivity index (χ3v) is 4.03. The van der Waals surface area contributed by atoms with Gasteiger partial charge in [-0.25, -0.2) is 0 Å². The number of methoxy groups -OCH3 is 1. The van der Waals surface area contributed by atoms with Gasteiger partial charge in [0, 0.05) is 31.7 Å². The fraction of sp³-hybridized carbons (Fsp3) is 0.600. The summed E-state index contributed by atoms with van der Waals surface area (Å²) in [7, 11) is 3.88. The van der Waals surface area contributed by atoms with Gasteiger partial charge in [-0.05, 0) is 38.6 Å². The molecular weight excluding hydrogens is 238 g/mol. The Kier molecular flexibility index (Phi) is 4.32. The number of rotatable bonds is 3. The second kappa shape index (κ2) is 5.80. The molecule has 2 unspecified atom stereocenters.